The number of amides is 2. The molecule has 4 N–H and O–H groups in total. The van der Waals surface area contributed by atoms with E-state index in [1.54, 1.807) is 42.3 Å². The first-order chi connectivity index (χ1) is 30.0. The maximum atomic E-state index is 13.5. The number of rotatable bonds is 16. The molecule has 0 saturated carbocycles. The Labute approximate surface area is 369 Å². The van der Waals surface area contributed by atoms with E-state index < -0.39 is 12.2 Å². The van der Waals surface area contributed by atoms with Crippen molar-refractivity contribution in [3.63, 3.8) is 0 Å². The SMILES string of the molecule is C.C[C@@H](CC[C@H](O)c1ccc(O)c2[nH]c(=O)ccc12)Cc1cccc(CC(=O)c2cccc(N(C)C(=O)CCN3CCC(OC(=O)Nc4ccccc4-c4ccccc4)CC3)c2)c1. The number of pyridine rings is 1. The van der Waals surface area contributed by atoms with E-state index in [9.17, 15) is 29.4 Å². The third-order valence-corrected chi connectivity index (χ3v) is 11.8. The minimum atomic E-state index is -0.762. The highest BCUT2D eigenvalue weighted by Crippen LogP contribution is 2.32. The number of ether oxygens (including phenoxy) is 1. The van der Waals surface area contributed by atoms with Crippen molar-refractivity contribution in [3.05, 3.63) is 160 Å². The average Bonchev–Trinajstić information content (AvgIpc) is 3.28. The van der Waals surface area contributed by atoms with Crippen LogP contribution in [0.1, 0.15) is 79.6 Å². The van der Waals surface area contributed by atoms with Crippen LogP contribution in [0.15, 0.2) is 132 Å². The average molecular weight is 851 g/mol. The van der Waals surface area contributed by atoms with Crippen LogP contribution in [-0.2, 0) is 22.4 Å². The van der Waals surface area contributed by atoms with Gasteiger partial charge in [-0.15, -0.1) is 0 Å². The predicted molar refractivity (Wildman–Crippen MR) is 250 cm³/mol. The molecule has 11 nitrogen and oxygen atoms in total. The molecule has 1 saturated heterocycles. The fraction of sp³-hybridized carbons (Fsp3) is 0.308. The van der Waals surface area contributed by atoms with Crippen LogP contribution in [0.5, 0.6) is 5.75 Å². The number of aromatic amines is 1. The Morgan fingerprint density at radius 1 is 0.857 bits per heavy atom. The van der Waals surface area contributed by atoms with Crippen LogP contribution in [0, 0.1) is 5.92 Å². The smallest absolute Gasteiger partial charge is 0.411 e. The Balaban J connectivity index is 0.00000661. The first-order valence-corrected chi connectivity index (χ1v) is 21.4. The van der Waals surface area contributed by atoms with Gasteiger partial charge in [-0.25, -0.2) is 4.79 Å². The third-order valence-electron chi connectivity index (χ3n) is 11.8. The molecule has 1 aromatic heterocycles. The Bertz CT molecular complexity index is 2570. The first-order valence-electron chi connectivity index (χ1n) is 21.4. The van der Waals surface area contributed by atoms with Crippen LogP contribution in [0.25, 0.3) is 22.0 Å². The number of hydrogen-bond donors (Lipinski definition) is 4. The van der Waals surface area contributed by atoms with Crippen LogP contribution in [0.4, 0.5) is 16.2 Å². The fourth-order valence-corrected chi connectivity index (χ4v) is 8.26. The number of benzene rings is 5. The van der Waals surface area contributed by atoms with Gasteiger partial charge in [-0.2, -0.15) is 0 Å². The zero-order valence-electron chi connectivity index (χ0n) is 35.3. The highest BCUT2D eigenvalue weighted by Gasteiger charge is 2.24. The van der Waals surface area contributed by atoms with E-state index in [1.165, 1.54) is 12.1 Å². The number of fused-ring (bicyclic) bond motifs is 1. The molecule has 0 unspecified atom stereocenters. The normalized spacial score (nSPS) is 14.0. The summed E-state index contributed by atoms with van der Waals surface area (Å²) in [5, 5.41) is 24.8. The molecule has 2 heterocycles. The number of ketones is 1. The number of aromatic nitrogens is 1. The molecule has 0 spiro atoms. The van der Waals surface area contributed by atoms with E-state index >= 15 is 0 Å². The van der Waals surface area contributed by atoms with E-state index in [2.05, 4.69) is 34.3 Å². The van der Waals surface area contributed by atoms with E-state index in [-0.39, 0.29) is 48.9 Å². The van der Waals surface area contributed by atoms with Gasteiger partial charge in [0.2, 0.25) is 11.5 Å². The number of likely N-dealkylation sites (tertiary alicyclic amines) is 1. The third kappa shape index (κ3) is 12.1. The number of hydrogen-bond acceptors (Lipinski definition) is 8. The van der Waals surface area contributed by atoms with E-state index in [1.807, 2.05) is 72.8 Å². The molecule has 0 bridgehead atoms. The molecule has 1 fully saturated rings. The van der Waals surface area contributed by atoms with Gasteiger partial charge >= 0.3 is 6.09 Å². The number of aliphatic hydroxyl groups is 1. The molecular weight excluding hydrogens is 793 g/mol. The van der Waals surface area contributed by atoms with Crippen LogP contribution < -0.4 is 15.8 Å². The number of piperidine rings is 1. The van der Waals surface area contributed by atoms with Gasteiger partial charge in [-0.3, -0.25) is 19.7 Å². The lowest BCUT2D eigenvalue weighted by Crippen LogP contribution is -2.40. The summed E-state index contributed by atoms with van der Waals surface area (Å²) in [5.74, 6) is 0.122. The number of aliphatic hydroxyl groups excluding tert-OH is 1. The van der Waals surface area contributed by atoms with Gasteiger partial charge in [-0.05, 0) is 90.6 Å². The molecule has 11 heteroatoms. The summed E-state index contributed by atoms with van der Waals surface area (Å²) >= 11 is 0. The first kappa shape index (κ1) is 46.0. The zero-order valence-corrected chi connectivity index (χ0v) is 35.3. The van der Waals surface area contributed by atoms with E-state index in [0.29, 0.717) is 78.7 Å². The summed E-state index contributed by atoms with van der Waals surface area (Å²) in [7, 11) is 1.74. The standard InChI is InChI=1S/C51H54N4O7.CH4/c1-34(18-21-45(56)42-19-22-46(57)50-43(42)20-23-48(59)53-50)30-35-10-8-11-36(31-35)32-47(58)38-14-9-15-39(33-38)54(2)49(60)26-29-55-27-24-40(25-28-55)62-51(61)52-44-17-7-6-16-41(44)37-12-4-3-5-13-37;/h3-17,19-20,22-23,31,33-34,40,45,56-57H,18,21,24-30,32H2,1-2H3,(H,52,61)(H,53,59);1H4/t34-,45-;/m0./s1. The summed E-state index contributed by atoms with van der Waals surface area (Å²) in [4.78, 5) is 58.0. The van der Waals surface area contributed by atoms with E-state index in [0.717, 1.165) is 35.1 Å². The summed E-state index contributed by atoms with van der Waals surface area (Å²) < 4.78 is 5.79. The lowest BCUT2D eigenvalue weighted by Gasteiger charge is -2.31. The van der Waals surface area contributed by atoms with Gasteiger partial charge in [-0.1, -0.05) is 105 Å². The quantitative estimate of drug-likeness (QED) is 0.0703. The molecule has 2 atom stereocenters. The second-order valence-corrected chi connectivity index (χ2v) is 16.3. The Morgan fingerprint density at radius 2 is 1.59 bits per heavy atom. The topological polar surface area (TPSA) is 152 Å². The summed E-state index contributed by atoms with van der Waals surface area (Å²) in [5.41, 5.74) is 6.49. The number of phenols is 1. The number of para-hydroxylation sites is 1. The van der Waals surface area contributed by atoms with Crippen molar-refractivity contribution in [1.82, 2.24) is 9.88 Å². The number of nitrogens with one attached hydrogen (secondary N) is 2. The fourth-order valence-electron chi connectivity index (χ4n) is 8.26. The van der Waals surface area contributed by atoms with Gasteiger partial charge in [0, 0.05) is 67.8 Å². The molecular formula is C52H58N4O7. The Kier molecular flexibility index (Phi) is 15.7. The van der Waals surface area contributed by atoms with Gasteiger partial charge < -0.3 is 29.7 Å². The number of carbonyl (C=O) groups excluding carboxylic acids is 3. The highest BCUT2D eigenvalue weighted by molar-refractivity contribution is 6.00. The highest BCUT2D eigenvalue weighted by atomic mass is 16.6. The number of phenolic OH excluding ortho intramolecular Hbond substituents is 1. The Morgan fingerprint density at radius 3 is 2.38 bits per heavy atom. The molecule has 2 amide bonds. The lowest BCUT2D eigenvalue weighted by atomic mass is 9.91. The minimum Gasteiger partial charge on any atom is -0.506 e. The van der Waals surface area contributed by atoms with E-state index in [4.69, 9.17) is 4.74 Å². The number of H-pyrrole nitrogens is 1. The summed E-state index contributed by atoms with van der Waals surface area (Å²) in [6.07, 6.45) is 2.48. The van der Waals surface area contributed by atoms with Crippen molar-refractivity contribution < 1.29 is 29.3 Å². The van der Waals surface area contributed by atoms with Crippen molar-refractivity contribution in [2.45, 2.75) is 71.5 Å². The van der Waals surface area contributed by atoms with Crippen LogP contribution in [-0.4, -0.2) is 70.7 Å². The van der Waals surface area contributed by atoms with Crippen molar-refractivity contribution >= 4 is 40.1 Å². The predicted octanol–water partition coefficient (Wildman–Crippen LogP) is 9.72. The maximum Gasteiger partial charge on any atom is 0.411 e. The maximum absolute atomic E-state index is 13.5. The second-order valence-electron chi connectivity index (χ2n) is 16.3. The Hall–Kier alpha value is -6.56. The van der Waals surface area contributed by atoms with Gasteiger partial charge in [0.1, 0.15) is 11.9 Å². The van der Waals surface area contributed by atoms with Gasteiger partial charge in [0.25, 0.3) is 0 Å². The monoisotopic (exact) mass is 850 g/mol. The molecule has 1 aliphatic heterocycles. The van der Waals surface area contributed by atoms with Gasteiger partial charge in [0.15, 0.2) is 5.78 Å². The number of nitrogens with zero attached hydrogens (tertiary/aromatic N) is 2. The number of carbonyl (C=O) groups is 3. The van der Waals surface area contributed by atoms with Crippen LogP contribution in [0.2, 0.25) is 0 Å². The minimum absolute atomic E-state index is 0. The van der Waals surface area contributed by atoms with Gasteiger partial charge in [0.05, 0.1) is 17.3 Å². The number of aromatic hydroxyl groups is 1. The molecule has 5 aromatic carbocycles. The molecule has 1 aliphatic rings. The molecule has 6 aromatic rings. The molecule has 63 heavy (non-hydrogen) atoms. The van der Waals surface area contributed by atoms with Crippen molar-refractivity contribution in [2.75, 3.05) is 36.9 Å². The molecule has 7 rings (SSSR count). The molecule has 0 radical (unpaired) electrons. The number of anilines is 2. The molecule has 328 valence electrons. The number of Topliss-reactive ketones (excluding diaryl/α,β-unsaturated/α-hetero) is 1. The summed E-state index contributed by atoms with van der Waals surface area (Å²) in [6.45, 7) is 4.15. The van der Waals surface area contributed by atoms with Crippen LogP contribution >= 0.6 is 0 Å². The largest absolute Gasteiger partial charge is 0.506 e. The second kappa shape index (κ2) is 21.5. The zero-order chi connectivity index (χ0) is 43.6. The molecule has 0 aliphatic carbocycles. The van der Waals surface area contributed by atoms with Crippen LogP contribution in [0.3, 0.4) is 0 Å². The van der Waals surface area contributed by atoms with Crippen molar-refractivity contribution in [1.29, 1.82) is 0 Å². The van der Waals surface area contributed by atoms with Crippen molar-refractivity contribution in [3.8, 4) is 16.9 Å². The summed E-state index contributed by atoms with van der Waals surface area (Å²) in [6, 6.07) is 39.0. The lowest BCUT2D eigenvalue weighted by molar-refractivity contribution is -0.118. The van der Waals surface area contributed by atoms with Crippen molar-refractivity contribution in [2.24, 2.45) is 5.92 Å².